The predicted octanol–water partition coefficient (Wildman–Crippen LogP) is 0.874. The summed E-state index contributed by atoms with van der Waals surface area (Å²) in [4.78, 5) is 19.6. The zero-order valence-corrected chi connectivity index (χ0v) is 10.1. The Hall–Kier alpha value is -2.67. The number of nitrogens with zero attached hydrogens (tertiary/aromatic N) is 3. The number of nitrogen functional groups attached to an aromatic ring is 1. The third-order valence-electron chi connectivity index (χ3n) is 2.87. The number of fused-ring (bicyclic) bond motifs is 1. The molecule has 0 unspecified atom stereocenters. The van der Waals surface area contributed by atoms with Gasteiger partial charge in [-0.3, -0.25) is 9.99 Å². The first-order valence-electron chi connectivity index (χ1n) is 5.58. The van der Waals surface area contributed by atoms with Crippen LogP contribution in [0.25, 0.3) is 22.4 Å². The molecule has 0 aliphatic rings. The highest BCUT2D eigenvalue weighted by molar-refractivity contribution is 5.79. The van der Waals surface area contributed by atoms with E-state index in [0.717, 1.165) is 11.1 Å². The molecule has 0 radical (unpaired) electrons. The van der Waals surface area contributed by atoms with Gasteiger partial charge in [-0.1, -0.05) is 6.07 Å². The average molecular weight is 257 g/mol. The van der Waals surface area contributed by atoms with Crippen molar-refractivity contribution in [3.8, 4) is 11.3 Å². The van der Waals surface area contributed by atoms with Crippen molar-refractivity contribution in [3.05, 3.63) is 41.0 Å². The van der Waals surface area contributed by atoms with Gasteiger partial charge >= 0.3 is 5.76 Å². The Balaban J connectivity index is 2.17. The molecule has 2 aromatic heterocycles. The van der Waals surface area contributed by atoms with Crippen LogP contribution < -0.4 is 17.0 Å². The predicted molar refractivity (Wildman–Crippen MR) is 70.3 cm³/mol. The summed E-state index contributed by atoms with van der Waals surface area (Å²) in [7, 11) is 1.66. The molecule has 0 saturated heterocycles. The number of aromatic nitrogens is 3. The van der Waals surface area contributed by atoms with Crippen molar-refractivity contribution in [2.45, 2.75) is 0 Å². The molecule has 3 aromatic rings. The summed E-state index contributed by atoms with van der Waals surface area (Å²) in [5, 5.41) is 0. The molecule has 0 fully saturated rings. The Bertz CT molecular complexity index is 805. The quantitative estimate of drug-likeness (QED) is 0.522. The average Bonchev–Trinajstić information content (AvgIpc) is 2.73. The van der Waals surface area contributed by atoms with Crippen molar-refractivity contribution >= 4 is 17.0 Å². The van der Waals surface area contributed by atoms with Crippen molar-refractivity contribution in [1.82, 2.24) is 14.5 Å². The minimum atomic E-state index is -0.390. The van der Waals surface area contributed by atoms with Crippen LogP contribution in [0.2, 0.25) is 0 Å². The number of hydrogen-bond donors (Lipinski definition) is 2. The molecule has 0 amide bonds. The van der Waals surface area contributed by atoms with Gasteiger partial charge in [-0.05, 0) is 18.2 Å². The van der Waals surface area contributed by atoms with Crippen LogP contribution in [-0.2, 0) is 7.05 Å². The van der Waals surface area contributed by atoms with Gasteiger partial charge in [-0.15, -0.1) is 0 Å². The van der Waals surface area contributed by atoms with Gasteiger partial charge in [-0.2, -0.15) is 0 Å². The summed E-state index contributed by atoms with van der Waals surface area (Å²) >= 11 is 0. The molecule has 96 valence electrons. The number of benzene rings is 1. The number of rotatable bonds is 2. The second-order valence-corrected chi connectivity index (χ2v) is 4.02. The lowest BCUT2D eigenvalue weighted by atomic mass is 10.1. The van der Waals surface area contributed by atoms with E-state index in [2.05, 4.69) is 15.4 Å². The molecule has 0 saturated carbocycles. The fraction of sp³-hybridized carbons (Fsp3) is 0.0833. The SMILES string of the molecule is Cn1c(=O)oc2cc(-c3ccnc(NN)n3)ccc21. The van der Waals surface area contributed by atoms with Gasteiger partial charge in [0.15, 0.2) is 5.58 Å². The molecule has 7 heteroatoms. The molecular formula is C12H11N5O2. The minimum Gasteiger partial charge on any atom is -0.408 e. The molecule has 19 heavy (non-hydrogen) atoms. The van der Waals surface area contributed by atoms with E-state index in [9.17, 15) is 4.79 Å². The molecule has 3 rings (SSSR count). The Morgan fingerprint density at radius 3 is 3.00 bits per heavy atom. The standard InChI is InChI=1S/C12H11N5O2/c1-17-9-3-2-7(6-10(9)19-12(17)18)8-4-5-14-11(15-8)16-13/h2-6H,13H2,1H3,(H,14,15,16). The van der Waals surface area contributed by atoms with Gasteiger partial charge < -0.3 is 4.42 Å². The molecule has 0 atom stereocenters. The van der Waals surface area contributed by atoms with Crippen LogP contribution >= 0.6 is 0 Å². The van der Waals surface area contributed by atoms with Gasteiger partial charge in [0.25, 0.3) is 0 Å². The number of nitrogens with one attached hydrogen (secondary N) is 1. The summed E-state index contributed by atoms with van der Waals surface area (Å²) in [5.74, 6) is 5.21. The molecule has 1 aromatic carbocycles. The highest BCUT2D eigenvalue weighted by Crippen LogP contribution is 2.22. The molecule has 0 aliphatic heterocycles. The molecule has 0 bridgehead atoms. The van der Waals surface area contributed by atoms with Gasteiger partial charge in [0.2, 0.25) is 5.95 Å². The number of anilines is 1. The van der Waals surface area contributed by atoms with Gasteiger partial charge in [-0.25, -0.2) is 20.6 Å². The first-order chi connectivity index (χ1) is 9.19. The second kappa shape index (κ2) is 4.21. The fourth-order valence-electron chi connectivity index (χ4n) is 1.88. The molecule has 0 spiro atoms. The minimum absolute atomic E-state index is 0.326. The summed E-state index contributed by atoms with van der Waals surface area (Å²) < 4.78 is 6.59. The van der Waals surface area contributed by atoms with E-state index in [1.807, 2.05) is 12.1 Å². The highest BCUT2D eigenvalue weighted by Gasteiger charge is 2.08. The lowest BCUT2D eigenvalue weighted by Crippen LogP contribution is -2.10. The van der Waals surface area contributed by atoms with E-state index in [1.165, 1.54) is 4.57 Å². The normalized spacial score (nSPS) is 10.8. The Kier molecular flexibility index (Phi) is 2.53. The first-order valence-corrected chi connectivity index (χ1v) is 5.58. The molecular weight excluding hydrogens is 246 g/mol. The van der Waals surface area contributed by atoms with Crippen LogP contribution in [0.1, 0.15) is 0 Å². The van der Waals surface area contributed by atoms with Crippen molar-refractivity contribution in [2.75, 3.05) is 5.43 Å². The van der Waals surface area contributed by atoms with E-state index >= 15 is 0 Å². The smallest absolute Gasteiger partial charge is 0.408 e. The number of hydrogen-bond acceptors (Lipinski definition) is 6. The van der Waals surface area contributed by atoms with E-state index < -0.39 is 0 Å². The second-order valence-electron chi connectivity index (χ2n) is 4.02. The maximum absolute atomic E-state index is 11.4. The first kappa shape index (κ1) is 11.4. The summed E-state index contributed by atoms with van der Waals surface area (Å²) in [6, 6.07) is 7.19. The zero-order valence-electron chi connectivity index (χ0n) is 10.1. The maximum atomic E-state index is 11.4. The fourth-order valence-corrected chi connectivity index (χ4v) is 1.88. The summed E-state index contributed by atoms with van der Waals surface area (Å²) in [6.45, 7) is 0. The monoisotopic (exact) mass is 257 g/mol. The number of hydrazine groups is 1. The van der Waals surface area contributed by atoms with Gasteiger partial charge in [0, 0.05) is 18.8 Å². The van der Waals surface area contributed by atoms with Crippen LogP contribution in [-0.4, -0.2) is 14.5 Å². The van der Waals surface area contributed by atoms with E-state index in [4.69, 9.17) is 10.3 Å². The van der Waals surface area contributed by atoms with Gasteiger partial charge in [0.05, 0.1) is 11.2 Å². The maximum Gasteiger partial charge on any atom is 0.419 e. The lowest BCUT2D eigenvalue weighted by molar-refractivity contribution is 0.528. The zero-order chi connectivity index (χ0) is 13.4. The summed E-state index contributed by atoms with van der Waals surface area (Å²) in [6.07, 6.45) is 1.60. The Morgan fingerprint density at radius 2 is 2.21 bits per heavy atom. The van der Waals surface area contributed by atoms with Crippen LogP contribution in [0.15, 0.2) is 39.7 Å². The van der Waals surface area contributed by atoms with Crippen LogP contribution in [0.4, 0.5) is 5.95 Å². The third-order valence-corrected chi connectivity index (χ3v) is 2.87. The van der Waals surface area contributed by atoms with E-state index in [1.54, 1.807) is 25.4 Å². The van der Waals surface area contributed by atoms with Crippen LogP contribution in [0.5, 0.6) is 0 Å². The van der Waals surface area contributed by atoms with Crippen LogP contribution in [0.3, 0.4) is 0 Å². The van der Waals surface area contributed by atoms with E-state index in [-0.39, 0.29) is 5.76 Å². The topological polar surface area (TPSA) is 99.0 Å². The Labute approximate surface area is 107 Å². The Morgan fingerprint density at radius 1 is 1.37 bits per heavy atom. The van der Waals surface area contributed by atoms with Crippen molar-refractivity contribution in [1.29, 1.82) is 0 Å². The third kappa shape index (κ3) is 1.85. The number of aryl methyl sites for hydroxylation is 1. The molecule has 3 N–H and O–H groups in total. The van der Waals surface area contributed by atoms with Crippen molar-refractivity contribution in [2.24, 2.45) is 12.9 Å². The van der Waals surface area contributed by atoms with Gasteiger partial charge in [0.1, 0.15) is 0 Å². The molecule has 7 nitrogen and oxygen atoms in total. The largest absolute Gasteiger partial charge is 0.419 e. The molecule has 0 aliphatic carbocycles. The number of oxazole rings is 1. The number of nitrogens with two attached hydrogens (primary N) is 1. The van der Waals surface area contributed by atoms with Crippen molar-refractivity contribution in [3.63, 3.8) is 0 Å². The molecule has 2 heterocycles. The van der Waals surface area contributed by atoms with Crippen molar-refractivity contribution < 1.29 is 4.42 Å². The highest BCUT2D eigenvalue weighted by atomic mass is 16.4. The van der Waals surface area contributed by atoms with Crippen LogP contribution in [0, 0.1) is 0 Å². The summed E-state index contributed by atoms with van der Waals surface area (Å²) in [5.41, 5.74) is 5.15. The lowest BCUT2D eigenvalue weighted by Gasteiger charge is -2.03. The van der Waals surface area contributed by atoms with E-state index in [0.29, 0.717) is 17.2 Å².